The predicted molar refractivity (Wildman–Crippen MR) is 98.6 cm³/mol. The molecule has 0 amide bonds. The predicted octanol–water partition coefficient (Wildman–Crippen LogP) is 5.26. The van der Waals surface area contributed by atoms with Gasteiger partial charge in [-0.3, -0.25) is 0 Å². The lowest BCUT2D eigenvalue weighted by Gasteiger charge is -2.01. The van der Waals surface area contributed by atoms with Crippen LogP contribution in [0.2, 0.25) is 5.02 Å². The zero-order chi connectivity index (χ0) is 17.2. The van der Waals surface area contributed by atoms with E-state index >= 15 is 0 Å². The van der Waals surface area contributed by atoms with Gasteiger partial charge in [-0.25, -0.2) is 4.98 Å². The number of fused-ring (bicyclic) bond motifs is 1. The van der Waals surface area contributed by atoms with E-state index < -0.39 is 0 Å². The number of rotatable bonds is 3. The van der Waals surface area contributed by atoms with Crippen molar-refractivity contribution in [1.29, 1.82) is 5.26 Å². The number of para-hydroxylation sites is 1. The van der Waals surface area contributed by atoms with Gasteiger partial charge in [0.25, 0.3) is 0 Å². The molecule has 0 bridgehead atoms. The lowest BCUT2D eigenvalue weighted by atomic mass is 10.1. The molecule has 0 unspecified atom stereocenters. The number of benzene rings is 2. The highest BCUT2D eigenvalue weighted by Crippen LogP contribution is 2.37. The van der Waals surface area contributed by atoms with E-state index in [0.29, 0.717) is 27.1 Å². The maximum absolute atomic E-state index is 9.56. The van der Waals surface area contributed by atoms with Crippen LogP contribution < -0.4 is 9.47 Å². The van der Waals surface area contributed by atoms with Crippen LogP contribution in [-0.2, 0) is 0 Å². The third-order valence-electron chi connectivity index (χ3n) is 3.72. The van der Waals surface area contributed by atoms with Crippen LogP contribution in [0.5, 0.6) is 11.5 Å². The summed E-state index contributed by atoms with van der Waals surface area (Å²) in [6, 6.07) is 15.3. The second-order valence-electron chi connectivity index (χ2n) is 5.30. The van der Waals surface area contributed by atoms with Crippen LogP contribution in [0, 0.1) is 11.3 Å². The van der Waals surface area contributed by atoms with E-state index in [1.54, 1.807) is 6.08 Å². The van der Waals surface area contributed by atoms with Crippen molar-refractivity contribution in [3.05, 3.63) is 63.4 Å². The van der Waals surface area contributed by atoms with Gasteiger partial charge in [0.15, 0.2) is 11.5 Å². The van der Waals surface area contributed by atoms with Crippen molar-refractivity contribution < 1.29 is 9.47 Å². The average molecular weight is 367 g/mol. The summed E-state index contributed by atoms with van der Waals surface area (Å²) < 4.78 is 10.9. The van der Waals surface area contributed by atoms with Gasteiger partial charge in [-0.1, -0.05) is 35.9 Å². The quantitative estimate of drug-likeness (QED) is 0.593. The molecular weight excluding hydrogens is 356 g/mol. The van der Waals surface area contributed by atoms with E-state index in [2.05, 4.69) is 11.1 Å². The molecule has 4 nitrogen and oxygen atoms in total. The lowest BCUT2D eigenvalue weighted by molar-refractivity contribution is 0.174. The molecule has 0 spiro atoms. The Labute approximate surface area is 153 Å². The van der Waals surface area contributed by atoms with Crippen molar-refractivity contribution in [2.45, 2.75) is 0 Å². The van der Waals surface area contributed by atoms with Crippen molar-refractivity contribution in [1.82, 2.24) is 4.98 Å². The van der Waals surface area contributed by atoms with Crippen LogP contribution in [0.25, 0.3) is 22.9 Å². The minimum Gasteiger partial charge on any atom is -0.454 e. The molecule has 25 heavy (non-hydrogen) atoms. The molecular formula is C19H11ClN2O2S. The first-order chi connectivity index (χ1) is 12.2. The molecule has 2 aromatic carbocycles. The Balaban J connectivity index is 1.70. The Morgan fingerprint density at radius 2 is 2.04 bits per heavy atom. The van der Waals surface area contributed by atoms with Crippen LogP contribution in [0.1, 0.15) is 10.6 Å². The van der Waals surface area contributed by atoms with Crippen LogP contribution in [0.4, 0.5) is 0 Å². The third kappa shape index (κ3) is 3.10. The summed E-state index contributed by atoms with van der Waals surface area (Å²) in [5.41, 5.74) is 3.06. The fraction of sp³-hybridized carbons (Fsp3) is 0.0526. The first kappa shape index (κ1) is 15.7. The average Bonchev–Trinajstić information content (AvgIpc) is 3.30. The molecule has 0 radical (unpaired) electrons. The summed E-state index contributed by atoms with van der Waals surface area (Å²) >= 11 is 7.35. The van der Waals surface area contributed by atoms with Gasteiger partial charge >= 0.3 is 0 Å². The molecule has 4 rings (SSSR count). The Hall–Kier alpha value is -2.81. The van der Waals surface area contributed by atoms with Crippen molar-refractivity contribution in [3.63, 3.8) is 0 Å². The number of hydrogen-bond donors (Lipinski definition) is 0. The van der Waals surface area contributed by atoms with Gasteiger partial charge in [0.05, 0.1) is 11.3 Å². The van der Waals surface area contributed by atoms with Crippen LogP contribution in [-0.4, -0.2) is 11.8 Å². The second-order valence-corrected chi connectivity index (χ2v) is 6.59. The Kier molecular flexibility index (Phi) is 4.14. The SMILES string of the molecule is N#C/C(=C\c1cccc2c1OCO2)c1nc(-c2ccc(Cl)cc2)cs1. The molecule has 1 aliphatic rings. The summed E-state index contributed by atoms with van der Waals surface area (Å²) in [5, 5.41) is 12.8. The maximum atomic E-state index is 9.56. The van der Waals surface area contributed by atoms with Crippen molar-refractivity contribution >= 4 is 34.6 Å². The summed E-state index contributed by atoms with van der Waals surface area (Å²) in [5.74, 6) is 1.34. The van der Waals surface area contributed by atoms with Crippen LogP contribution >= 0.6 is 22.9 Å². The molecule has 0 saturated carbocycles. The minimum absolute atomic E-state index is 0.194. The van der Waals surface area contributed by atoms with Crippen molar-refractivity contribution in [3.8, 4) is 28.8 Å². The van der Waals surface area contributed by atoms with E-state index in [9.17, 15) is 5.26 Å². The summed E-state index contributed by atoms with van der Waals surface area (Å²) in [4.78, 5) is 4.58. The van der Waals surface area contributed by atoms with Crippen LogP contribution in [0.3, 0.4) is 0 Å². The summed E-state index contributed by atoms with van der Waals surface area (Å²) in [6.45, 7) is 0.194. The van der Waals surface area contributed by atoms with E-state index in [1.165, 1.54) is 11.3 Å². The number of ether oxygens (including phenoxy) is 2. The number of nitrogens with zero attached hydrogens (tertiary/aromatic N) is 2. The van der Waals surface area contributed by atoms with Gasteiger partial charge in [-0.05, 0) is 24.3 Å². The van der Waals surface area contributed by atoms with Gasteiger partial charge in [-0.15, -0.1) is 11.3 Å². The topological polar surface area (TPSA) is 55.1 Å². The number of thiazole rings is 1. The number of allylic oxidation sites excluding steroid dienone is 1. The molecule has 0 N–H and O–H groups in total. The van der Waals surface area contributed by atoms with Gasteiger partial charge < -0.3 is 9.47 Å². The molecule has 2 heterocycles. The second kappa shape index (κ2) is 6.60. The zero-order valence-corrected chi connectivity index (χ0v) is 14.5. The fourth-order valence-corrected chi connectivity index (χ4v) is 3.44. The highest BCUT2D eigenvalue weighted by molar-refractivity contribution is 7.11. The molecule has 0 atom stereocenters. The number of nitriles is 1. The maximum Gasteiger partial charge on any atom is 0.231 e. The monoisotopic (exact) mass is 366 g/mol. The molecule has 0 saturated heterocycles. The summed E-state index contributed by atoms with van der Waals surface area (Å²) in [7, 11) is 0. The lowest BCUT2D eigenvalue weighted by Crippen LogP contribution is -1.93. The Morgan fingerprint density at radius 1 is 1.20 bits per heavy atom. The number of aromatic nitrogens is 1. The van der Waals surface area contributed by atoms with Crippen LogP contribution in [0.15, 0.2) is 47.8 Å². The molecule has 122 valence electrons. The molecule has 0 fully saturated rings. The third-order valence-corrected chi connectivity index (χ3v) is 4.85. The van der Waals surface area contributed by atoms with Gasteiger partial charge in [0.1, 0.15) is 11.1 Å². The molecule has 6 heteroatoms. The van der Waals surface area contributed by atoms with E-state index in [0.717, 1.165) is 16.8 Å². The smallest absolute Gasteiger partial charge is 0.231 e. The standard InChI is InChI=1S/C19H11ClN2O2S/c20-15-6-4-12(5-7-15)16-10-25-19(22-16)14(9-21)8-13-2-1-3-17-18(13)24-11-23-17/h1-8,10H,11H2/b14-8+. The normalized spacial score (nSPS) is 12.9. The molecule has 1 aromatic heterocycles. The Bertz CT molecular complexity index is 1000. The minimum atomic E-state index is 0.194. The van der Waals surface area contributed by atoms with Gasteiger partial charge in [-0.2, -0.15) is 5.26 Å². The Morgan fingerprint density at radius 3 is 2.84 bits per heavy atom. The van der Waals surface area contributed by atoms with E-state index in [-0.39, 0.29) is 6.79 Å². The van der Waals surface area contributed by atoms with Gasteiger partial charge in [0.2, 0.25) is 6.79 Å². The fourth-order valence-electron chi connectivity index (χ4n) is 2.51. The van der Waals surface area contributed by atoms with E-state index in [4.69, 9.17) is 21.1 Å². The highest BCUT2D eigenvalue weighted by Gasteiger charge is 2.17. The van der Waals surface area contributed by atoms with Crippen molar-refractivity contribution in [2.24, 2.45) is 0 Å². The zero-order valence-electron chi connectivity index (χ0n) is 12.9. The first-order valence-electron chi connectivity index (χ1n) is 7.47. The summed E-state index contributed by atoms with van der Waals surface area (Å²) in [6.07, 6.45) is 1.78. The molecule has 3 aromatic rings. The molecule has 0 aliphatic carbocycles. The largest absolute Gasteiger partial charge is 0.454 e. The first-order valence-corrected chi connectivity index (χ1v) is 8.72. The van der Waals surface area contributed by atoms with Gasteiger partial charge in [0, 0.05) is 21.5 Å². The number of hydrogen-bond acceptors (Lipinski definition) is 5. The number of halogens is 1. The van der Waals surface area contributed by atoms with Crippen molar-refractivity contribution in [2.75, 3.05) is 6.79 Å². The molecule has 1 aliphatic heterocycles. The highest BCUT2D eigenvalue weighted by atomic mass is 35.5. The van der Waals surface area contributed by atoms with E-state index in [1.807, 2.05) is 47.8 Å².